The summed E-state index contributed by atoms with van der Waals surface area (Å²) in [6.45, 7) is 6.55. The highest BCUT2D eigenvalue weighted by molar-refractivity contribution is 6.31. The summed E-state index contributed by atoms with van der Waals surface area (Å²) in [6.07, 6.45) is -3.65. The molecule has 1 amide bonds. The Kier molecular flexibility index (Phi) is 8.73. The SMILES string of the molecule is CC(C)(C)c1ccc(CN(CCCc2ccc(Cl)cc2)C(=O)c2cc(C(F)(F)F)cc(Cl)c2F)cc1. The van der Waals surface area contributed by atoms with Gasteiger partial charge >= 0.3 is 6.18 Å². The third kappa shape index (κ3) is 7.23. The first kappa shape index (κ1) is 28.0. The number of amides is 1. The van der Waals surface area contributed by atoms with Crippen LogP contribution < -0.4 is 0 Å². The maximum absolute atomic E-state index is 14.8. The fourth-order valence-corrected chi connectivity index (χ4v) is 4.13. The third-order valence-electron chi connectivity index (χ3n) is 5.87. The van der Waals surface area contributed by atoms with E-state index in [2.05, 4.69) is 20.8 Å². The molecule has 0 unspecified atom stereocenters. The number of carbonyl (C=O) groups excluding carboxylic acids is 1. The van der Waals surface area contributed by atoms with Gasteiger partial charge in [0.05, 0.1) is 16.1 Å². The quantitative estimate of drug-likeness (QED) is 0.275. The molecule has 36 heavy (non-hydrogen) atoms. The minimum atomic E-state index is -4.77. The molecule has 192 valence electrons. The fraction of sp³-hybridized carbons (Fsp3) is 0.321. The van der Waals surface area contributed by atoms with E-state index in [9.17, 15) is 22.4 Å². The summed E-state index contributed by atoms with van der Waals surface area (Å²) in [4.78, 5) is 14.7. The number of alkyl halides is 3. The van der Waals surface area contributed by atoms with Crippen molar-refractivity contribution in [3.63, 3.8) is 0 Å². The van der Waals surface area contributed by atoms with Gasteiger partial charge in [-0.15, -0.1) is 0 Å². The Morgan fingerprint density at radius 1 is 0.861 bits per heavy atom. The van der Waals surface area contributed by atoms with E-state index < -0.39 is 34.1 Å². The fourth-order valence-electron chi connectivity index (χ4n) is 3.79. The van der Waals surface area contributed by atoms with E-state index >= 15 is 0 Å². The van der Waals surface area contributed by atoms with Crippen molar-refractivity contribution in [3.8, 4) is 0 Å². The lowest BCUT2D eigenvalue weighted by Crippen LogP contribution is -2.33. The zero-order chi connectivity index (χ0) is 26.7. The predicted octanol–water partition coefficient (Wildman–Crippen LogP) is 8.72. The summed E-state index contributed by atoms with van der Waals surface area (Å²) in [5.41, 5.74) is 0.934. The van der Waals surface area contributed by atoms with Gasteiger partial charge in [-0.25, -0.2) is 4.39 Å². The van der Waals surface area contributed by atoms with Crippen LogP contribution in [0.5, 0.6) is 0 Å². The second kappa shape index (κ2) is 11.2. The number of carbonyl (C=O) groups is 1. The molecule has 2 nitrogen and oxygen atoms in total. The van der Waals surface area contributed by atoms with Gasteiger partial charge in [-0.1, -0.05) is 80.4 Å². The Hall–Kier alpha value is -2.57. The molecule has 0 bridgehead atoms. The van der Waals surface area contributed by atoms with Gasteiger partial charge in [0.25, 0.3) is 5.91 Å². The van der Waals surface area contributed by atoms with Crippen molar-refractivity contribution >= 4 is 29.1 Å². The van der Waals surface area contributed by atoms with Crippen LogP contribution in [0.15, 0.2) is 60.7 Å². The molecule has 3 aromatic carbocycles. The molecule has 0 aromatic heterocycles. The first-order valence-electron chi connectivity index (χ1n) is 11.4. The Labute approximate surface area is 218 Å². The maximum atomic E-state index is 14.8. The van der Waals surface area contributed by atoms with E-state index in [1.807, 2.05) is 36.4 Å². The molecule has 0 saturated heterocycles. The Morgan fingerprint density at radius 3 is 2.00 bits per heavy atom. The van der Waals surface area contributed by atoms with E-state index in [0.29, 0.717) is 30.0 Å². The second-order valence-electron chi connectivity index (χ2n) is 9.72. The van der Waals surface area contributed by atoms with Crippen molar-refractivity contribution in [1.29, 1.82) is 0 Å². The van der Waals surface area contributed by atoms with Crippen LogP contribution in [0, 0.1) is 5.82 Å². The number of aryl methyl sites for hydroxylation is 1. The largest absolute Gasteiger partial charge is 0.416 e. The van der Waals surface area contributed by atoms with E-state index in [1.54, 1.807) is 12.1 Å². The highest BCUT2D eigenvalue weighted by Gasteiger charge is 2.34. The number of benzene rings is 3. The minimum absolute atomic E-state index is 0.0650. The molecule has 0 aliphatic rings. The zero-order valence-corrected chi connectivity index (χ0v) is 21.7. The summed E-state index contributed by atoms with van der Waals surface area (Å²) in [7, 11) is 0. The smallest absolute Gasteiger partial charge is 0.334 e. The summed E-state index contributed by atoms with van der Waals surface area (Å²) in [5.74, 6) is -2.02. The number of hydrogen-bond acceptors (Lipinski definition) is 1. The molecular formula is C28H27Cl2F4NO. The summed E-state index contributed by atoms with van der Waals surface area (Å²) >= 11 is 11.7. The normalized spacial score (nSPS) is 12.0. The first-order chi connectivity index (χ1) is 16.8. The number of rotatable bonds is 7. The van der Waals surface area contributed by atoms with Gasteiger partial charge in [-0.2, -0.15) is 13.2 Å². The Bertz CT molecular complexity index is 1200. The zero-order valence-electron chi connectivity index (χ0n) is 20.2. The van der Waals surface area contributed by atoms with Crippen molar-refractivity contribution in [2.24, 2.45) is 0 Å². The summed E-state index contributed by atoms with van der Waals surface area (Å²) in [6, 6.07) is 15.9. The molecule has 0 heterocycles. The average molecular weight is 540 g/mol. The van der Waals surface area contributed by atoms with Gasteiger partial charge in [-0.05, 0) is 59.2 Å². The van der Waals surface area contributed by atoms with E-state index in [4.69, 9.17) is 23.2 Å². The molecule has 3 rings (SSSR count). The van der Waals surface area contributed by atoms with Crippen molar-refractivity contribution in [2.75, 3.05) is 6.54 Å². The Morgan fingerprint density at radius 2 is 1.44 bits per heavy atom. The van der Waals surface area contributed by atoms with Crippen LogP contribution in [0.1, 0.15) is 59.8 Å². The maximum Gasteiger partial charge on any atom is 0.416 e. The minimum Gasteiger partial charge on any atom is -0.334 e. The lowest BCUT2D eigenvalue weighted by atomic mass is 9.87. The van der Waals surface area contributed by atoms with E-state index in [0.717, 1.165) is 16.7 Å². The number of halogens is 6. The molecule has 0 fully saturated rings. The van der Waals surface area contributed by atoms with Crippen LogP contribution in [0.25, 0.3) is 0 Å². The lowest BCUT2D eigenvalue weighted by Gasteiger charge is -2.25. The van der Waals surface area contributed by atoms with Crippen molar-refractivity contribution in [1.82, 2.24) is 4.90 Å². The molecule has 0 saturated carbocycles. The van der Waals surface area contributed by atoms with Crippen LogP contribution in [-0.4, -0.2) is 17.4 Å². The standard InChI is InChI=1S/C28H27Cl2F4NO/c1-27(2,3)20-10-6-19(7-11-20)17-35(14-4-5-18-8-12-22(29)13-9-18)26(36)23-15-21(28(32,33)34)16-24(30)25(23)31/h6-13,15-16H,4-5,14,17H2,1-3H3. The van der Waals surface area contributed by atoms with Crippen LogP contribution in [0.2, 0.25) is 10.0 Å². The molecule has 0 aliphatic carbocycles. The molecular weight excluding hydrogens is 513 g/mol. The third-order valence-corrected chi connectivity index (χ3v) is 6.40. The van der Waals surface area contributed by atoms with Crippen LogP contribution in [0.4, 0.5) is 17.6 Å². The lowest BCUT2D eigenvalue weighted by molar-refractivity contribution is -0.137. The van der Waals surface area contributed by atoms with Gasteiger partial charge in [0, 0.05) is 18.1 Å². The van der Waals surface area contributed by atoms with Crippen molar-refractivity contribution in [2.45, 2.75) is 51.7 Å². The molecule has 0 aliphatic heterocycles. The summed E-state index contributed by atoms with van der Waals surface area (Å²) in [5, 5.41) is -0.144. The number of hydrogen-bond donors (Lipinski definition) is 0. The van der Waals surface area contributed by atoms with E-state index in [1.165, 1.54) is 4.90 Å². The first-order valence-corrected chi connectivity index (χ1v) is 12.2. The molecule has 8 heteroatoms. The monoisotopic (exact) mass is 539 g/mol. The summed E-state index contributed by atoms with van der Waals surface area (Å²) < 4.78 is 54.8. The van der Waals surface area contributed by atoms with Crippen LogP contribution in [0.3, 0.4) is 0 Å². The van der Waals surface area contributed by atoms with Gasteiger partial charge < -0.3 is 4.90 Å². The second-order valence-corrected chi connectivity index (χ2v) is 10.6. The van der Waals surface area contributed by atoms with Gasteiger partial charge in [-0.3, -0.25) is 4.79 Å². The van der Waals surface area contributed by atoms with Crippen molar-refractivity contribution < 1.29 is 22.4 Å². The predicted molar refractivity (Wildman–Crippen MR) is 136 cm³/mol. The highest BCUT2D eigenvalue weighted by atomic mass is 35.5. The van der Waals surface area contributed by atoms with E-state index in [-0.39, 0.29) is 18.5 Å². The molecule has 0 N–H and O–H groups in total. The highest BCUT2D eigenvalue weighted by Crippen LogP contribution is 2.34. The Balaban J connectivity index is 1.89. The van der Waals surface area contributed by atoms with Crippen molar-refractivity contribution in [3.05, 3.63) is 104 Å². The molecule has 0 spiro atoms. The molecule has 3 aromatic rings. The topological polar surface area (TPSA) is 20.3 Å². The van der Waals surface area contributed by atoms with Gasteiger partial charge in [0.15, 0.2) is 5.82 Å². The molecule has 0 atom stereocenters. The molecule has 0 radical (unpaired) electrons. The van der Waals surface area contributed by atoms with Gasteiger partial charge in [0.2, 0.25) is 0 Å². The van der Waals surface area contributed by atoms with Crippen LogP contribution >= 0.6 is 23.2 Å². The van der Waals surface area contributed by atoms with Gasteiger partial charge in [0.1, 0.15) is 0 Å². The number of nitrogens with zero attached hydrogens (tertiary/aromatic N) is 1. The van der Waals surface area contributed by atoms with Crippen LogP contribution in [-0.2, 0) is 24.6 Å². The average Bonchev–Trinajstić information content (AvgIpc) is 2.80.